The molecule has 0 aliphatic carbocycles. The Kier molecular flexibility index (Phi) is 7.79. The summed E-state index contributed by atoms with van der Waals surface area (Å²) >= 11 is -2.06. The molecule has 0 aromatic rings. The summed E-state index contributed by atoms with van der Waals surface area (Å²) in [5, 5.41) is 1.96. The average Bonchev–Trinajstić information content (AvgIpc) is 2.65. The Bertz CT molecular complexity index is 476. The van der Waals surface area contributed by atoms with Gasteiger partial charge in [-0.1, -0.05) is 0 Å². The zero-order chi connectivity index (χ0) is 18.0. The second-order valence-corrected chi connectivity index (χ2v) is 29.5. The maximum absolute atomic E-state index is 2.69. The number of hydrogen-bond acceptors (Lipinski definition) is 0. The van der Waals surface area contributed by atoms with Crippen LogP contribution in [0.3, 0.4) is 0 Å². The van der Waals surface area contributed by atoms with E-state index in [2.05, 4.69) is 65.7 Å². The van der Waals surface area contributed by atoms with Gasteiger partial charge in [-0.3, -0.25) is 0 Å². The van der Waals surface area contributed by atoms with Gasteiger partial charge in [-0.2, -0.15) is 0 Å². The van der Waals surface area contributed by atoms with Crippen LogP contribution in [0, 0.1) is 5.92 Å². The fraction of sp³-hybridized carbons (Fsp3) is 0.800. The molecule has 0 amide bonds. The van der Waals surface area contributed by atoms with Gasteiger partial charge in [0.2, 0.25) is 0 Å². The van der Waals surface area contributed by atoms with E-state index >= 15 is 0 Å². The van der Waals surface area contributed by atoms with Crippen molar-refractivity contribution in [3.05, 3.63) is 19.5 Å². The first kappa shape index (κ1) is 21.6. The summed E-state index contributed by atoms with van der Waals surface area (Å²) < 4.78 is 2.06. The number of hydrogen-bond donors (Lipinski definition) is 0. The topological polar surface area (TPSA) is 0 Å². The predicted molar refractivity (Wildman–Crippen MR) is 116 cm³/mol. The van der Waals surface area contributed by atoms with Gasteiger partial charge in [0, 0.05) is 0 Å². The van der Waals surface area contributed by atoms with E-state index in [1.54, 1.807) is 0 Å². The molecule has 0 radical (unpaired) electrons. The molecule has 1 aliphatic rings. The van der Waals surface area contributed by atoms with Crippen molar-refractivity contribution in [3.63, 3.8) is 0 Å². The fourth-order valence-corrected chi connectivity index (χ4v) is 30.9. The molecule has 0 bridgehead atoms. The molecule has 3 heteroatoms. The average molecular weight is 439 g/mol. The summed E-state index contributed by atoms with van der Waals surface area (Å²) in [7, 11) is -1.39. The van der Waals surface area contributed by atoms with E-state index in [-0.39, 0.29) is 0 Å². The quantitative estimate of drug-likeness (QED) is 0.352. The van der Waals surface area contributed by atoms with Crippen LogP contribution in [0.1, 0.15) is 53.9 Å². The summed E-state index contributed by atoms with van der Waals surface area (Å²) in [5.41, 5.74) is 3.73. The first-order valence-corrected chi connectivity index (χ1v) is 23.0. The van der Waals surface area contributed by atoms with Gasteiger partial charge in [0.05, 0.1) is 0 Å². The van der Waals surface area contributed by atoms with Gasteiger partial charge < -0.3 is 0 Å². The van der Waals surface area contributed by atoms with Gasteiger partial charge in [0.15, 0.2) is 0 Å². The molecule has 0 fully saturated rings. The standard InChI is InChI=1S/C17H32BSi.3CH3.Sn/c1-8-15-13-19(6,7)16(12-11-14(4)5)17(15)18(9-2)10-3;;;;/h14H,8-12H2,1-7H3;3*1H3;. The molecule has 0 saturated carbocycles. The minimum atomic E-state index is -2.06. The molecule has 132 valence electrons. The van der Waals surface area contributed by atoms with Crippen molar-refractivity contribution in [3.8, 4) is 0 Å². The second kappa shape index (κ2) is 8.29. The van der Waals surface area contributed by atoms with Crippen molar-refractivity contribution in [1.82, 2.24) is 0 Å². The van der Waals surface area contributed by atoms with Crippen LogP contribution in [0.15, 0.2) is 19.5 Å². The SMILES string of the molecule is CCB(CC)C1=C(CCC(C)C)[Si](C)(C)[C]([Sn]([CH3])([CH3])[CH3])=C1CC. The van der Waals surface area contributed by atoms with Crippen LogP contribution < -0.4 is 0 Å². The van der Waals surface area contributed by atoms with Crippen LogP contribution in [-0.2, 0) is 0 Å². The Balaban J connectivity index is 3.54. The van der Waals surface area contributed by atoms with Crippen LogP contribution in [0.25, 0.3) is 0 Å². The molecule has 0 aromatic heterocycles. The van der Waals surface area contributed by atoms with E-state index in [1.165, 1.54) is 31.9 Å². The molecule has 1 aliphatic heterocycles. The molecular formula is C20H41BSiSn. The van der Waals surface area contributed by atoms with E-state index in [0.29, 0.717) is 0 Å². The van der Waals surface area contributed by atoms with Gasteiger partial charge in [-0.25, -0.2) is 0 Å². The molecule has 1 heterocycles. The van der Waals surface area contributed by atoms with E-state index < -0.39 is 26.5 Å². The van der Waals surface area contributed by atoms with Gasteiger partial charge >= 0.3 is 153 Å². The number of rotatable bonds is 8. The zero-order valence-electron chi connectivity index (χ0n) is 17.7. The van der Waals surface area contributed by atoms with E-state index in [9.17, 15) is 0 Å². The van der Waals surface area contributed by atoms with Crippen LogP contribution >= 0.6 is 0 Å². The molecule has 0 nitrogen and oxygen atoms in total. The Morgan fingerprint density at radius 3 is 1.87 bits per heavy atom. The van der Waals surface area contributed by atoms with E-state index in [1.807, 2.05) is 16.2 Å². The summed E-state index contributed by atoms with van der Waals surface area (Å²) in [4.78, 5) is 7.97. The molecular weight excluding hydrogens is 398 g/mol. The molecule has 1 rings (SSSR count). The Labute approximate surface area is 152 Å². The summed E-state index contributed by atoms with van der Waals surface area (Å²) in [5.74, 6) is 0.822. The molecule has 0 atom stereocenters. The molecule has 0 unspecified atom stereocenters. The van der Waals surface area contributed by atoms with E-state index in [0.717, 1.165) is 12.6 Å². The normalized spacial score (nSPS) is 18.4. The molecule has 23 heavy (non-hydrogen) atoms. The first-order chi connectivity index (χ1) is 10.5. The van der Waals surface area contributed by atoms with Crippen LogP contribution in [0.5, 0.6) is 0 Å². The fourth-order valence-electron chi connectivity index (χ4n) is 5.01. The summed E-state index contributed by atoms with van der Waals surface area (Å²) in [6.07, 6.45) is 6.66. The van der Waals surface area contributed by atoms with Crippen molar-refractivity contribution in [1.29, 1.82) is 0 Å². The van der Waals surface area contributed by atoms with Crippen molar-refractivity contribution >= 4 is 33.2 Å². The van der Waals surface area contributed by atoms with Gasteiger partial charge in [0.1, 0.15) is 0 Å². The second-order valence-electron chi connectivity index (χ2n) is 9.42. The zero-order valence-corrected chi connectivity index (χ0v) is 21.5. The Hall–Kier alpha value is 0.561. The van der Waals surface area contributed by atoms with Crippen molar-refractivity contribution in [2.45, 2.75) is 94.4 Å². The monoisotopic (exact) mass is 440 g/mol. The minimum absolute atomic E-state index is 0.810. The third-order valence-corrected chi connectivity index (χ3v) is 24.9. The van der Waals surface area contributed by atoms with Gasteiger partial charge in [-0.15, -0.1) is 0 Å². The van der Waals surface area contributed by atoms with Crippen LogP contribution in [-0.4, -0.2) is 33.2 Å². The van der Waals surface area contributed by atoms with E-state index in [4.69, 9.17) is 0 Å². The molecule has 0 N–H and O–H groups in total. The van der Waals surface area contributed by atoms with Gasteiger partial charge in [0.25, 0.3) is 0 Å². The predicted octanol–water partition coefficient (Wildman–Crippen LogP) is 7.18. The van der Waals surface area contributed by atoms with Crippen LogP contribution in [0.4, 0.5) is 0 Å². The van der Waals surface area contributed by atoms with Crippen LogP contribution in [0.2, 0.25) is 40.6 Å². The van der Waals surface area contributed by atoms with Crippen molar-refractivity contribution in [2.24, 2.45) is 5.92 Å². The van der Waals surface area contributed by atoms with Gasteiger partial charge in [-0.05, 0) is 0 Å². The molecule has 0 aromatic carbocycles. The summed E-state index contributed by atoms with van der Waals surface area (Å²) in [6.45, 7) is 18.2. The summed E-state index contributed by atoms with van der Waals surface area (Å²) in [6, 6.07) is 0. The van der Waals surface area contributed by atoms with Crippen molar-refractivity contribution in [2.75, 3.05) is 0 Å². The Morgan fingerprint density at radius 1 is 1.00 bits per heavy atom. The molecule has 0 saturated heterocycles. The molecule has 0 spiro atoms. The third-order valence-electron chi connectivity index (χ3n) is 5.80. The third kappa shape index (κ3) is 4.59. The maximum atomic E-state index is 2.69. The first-order valence-electron chi connectivity index (χ1n) is 10.00. The Morgan fingerprint density at radius 2 is 1.52 bits per heavy atom. The number of allylic oxidation sites excluding steroid dienone is 3. The van der Waals surface area contributed by atoms with Crippen molar-refractivity contribution < 1.29 is 0 Å².